The van der Waals surface area contributed by atoms with E-state index in [-0.39, 0.29) is 37.6 Å². The fourth-order valence-electron chi connectivity index (χ4n) is 4.71. The van der Waals surface area contributed by atoms with Crippen LogP contribution in [-0.2, 0) is 47.4 Å². The molecule has 0 aliphatic carbocycles. The molecule has 0 bridgehead atoms. The molecule has 0 amide bonds. The summed E-state index contributed by atoms with van der Waals surface area (Å²) in [6.07, 6.45) is -2.72. The van der Waals surface area contributed by atoms with Gasteiger partial charge in [-0.2, -0.15) is 0 Å². The van der Waals surface area contributed by atoms with Crippen LogP contribution in [0.5, 0.6) is 0 Å². The van der Waals surface area contributed by atoms with Gasteiger partial charge in [0.1, 0.15) is 6.10 Å². The molecule has 1 aliphatic rings. The molecular weight excluding hydrogens is 518 g/mol. The molecule has 6 atom stereocenters. The third-order valence-electron chi connectivity index (χ3n) is 7.22. The third kappa shape index (κ3) is 8.55. The number of hydrogen-bond donors (Lipinski definition) is 0. The molecular formula is C31H38FO6P. The number of phosphoric acid groups is 1. The van der Waals surface area contributed by atoms with E-state index in [1.807, 2.05) is 112 Å². The predicted octanol–water partition coefficient (Wildman–Crippen LogP) is 7.73. The van der Waals surface area contributed by atoms with Crippen molar-refractivity contribution in [2.24, 2.45) is 17.8 Å². The van der Waals surface area contributed by atoms with Gasteiger partial charge in [-0.15, -0.1) is 0 Å². The quantitative estimate of drug-likeness (QED) is 0.201. The number of ether oxygens (including phenoxy) is 2. The van der Waals surface area contributed by atoms with Crippen LogP contribution in [0.3, 0.4) is 0 Å². The predicted molar refractivity (Wildman–Crippen MR) is 148 cm³/mol. The van der Waals surface area contributed by atoms with E-state index in [4.69, 9.17) is 23.0 Å². The van der Waals surface area contributed by atoms with E-state index in [1.54, 1.807) is 0 Å². The summed E-state index contributed by atoms with van der Waals surface area (Å²) in [5.41, 5.74) is 2.67. The average Bonchev–Trinajstić information content (AvgIpc) is 2.97. The van der Waals surface area contributed by atoms with Crippen LogP contribution in [-0.4, -0.2) is 25.2 Å². The lowest BCUT2D eigenvalue weighted by Gasteiger charge is -2.43. The number of hydrogen-bond acceptors (Lipinski definition) is 6. The Hall–Kier alpha value is -2.38. The molecule has 3 aromatic carbocycles. The first kappa shape index (κ1) is 29.6. The van der Waals surface area contributed by atoms with Gasteiger partial charge in [-0.05, 0) is 28.5 Å². The maximum Gasteiger partial charge on any atom is 0.475 e. The molecule has 0 spiro atoms. The van der Waals surface area contributed by atoms with Crippen LogP contribution in [0.1, 0.15) is 37.5 Å². The normalized spacial score (nSPS) is 24.4. The molecule has 1 fully saturated rings. The molecule has 4 rings (SSSR count). The molecule has 2 unspecified atom stereocenters. The van der Waals surface area contributed by atoms with Gasteiger partial charge >= 0.3 is 7.82 Å². The molecule has 0 N–H and O–H groups in total. The molecule has 1 heterocycles. The Labute approximate surface area is 231 Å². The van der Waals surface area contributed by atoms with Crippen molar-refractivity contribution in [2.75, 3.05) is 6.61 Å². The first-order valence-corrected chi connectivity index (χ1v) is 14.9. The highest BCUT2D eigenvalue weighted by molar-refractivity contribution is 7.48. The van der Waals surface area contributed by atoms with E-state index < -0.39 is 26.4 Å². The van der Waals surface area contributed by atoms with E-state index in [0.29, 0.717) is 6.61 Å². The van der Waals surface area contributed by atoms with Crippen molar-refractivity contribution < 1.29 is 32.0 Å². The minimum Gasteiger partial charge on any atom is -0.368 e. The zero-order valence-corrected chi connectivity index (χ0v) is 23.6. The topological polar surface area (TPSA) is 63.2 Å². The summed E-state index contributed by atoms with van der Waals surface area (Å²) in [7, 11) is -3.94. The van der Waals surface area contributed by atoms with Gasteiger partial charge in [0.05, 0.1) is 32.5 Å². The Morgan fingerprint density at radius 3 is 1.69 bits per heavy atom. The summed E-state index contributed by atoms with van der Waals surface area (Å²) < 4.78 is 57.8. The van der Waals surface area contributed by atoms with Gasteiger partial charge in [0.25, 0.3) is 0 Å². The number of phosphoric ester groups is 1. The van der Waals surface area contributed by atoms with Crippen LogP contribution in [0.25, 0.3) is 0 Å². The number of halogens is 1. The van der Waals surface area contributed by atoms with E-state index in [0.717, 1.165) is 16.7 Å². The van der Waals surface area contributed by atoms with E-state index in [2.05, 4.69) is 0 Å². The lowest BCUT2D eigenvalue weighted by atomic mass is 9.79. The van der Waals surface area contributed by atoms with Crippen molar-refractivity contribution >= 4 is 7.82 Å². The van der Waals surface area contributed by atoms with Gasteiger partial charge in [0, 0.05) is 5.92 Å². The van der Waals surface area contributed by atoms with Crippen LogP contribution in [0, 0.1) is 17.8 Å². The van der Waals surface area contributed by atoms with Gasteiger partial charge in [-0.1, -0.05) is 112 Å². The lowest BCUT2D eigenvalue weighted by Crippen LogP contribution is -2.51. The minimum atomic E-state index is -3.94. The molecule has 210 valence electrons. The molecule has 3 aromatic rings. The maximum absolute atomic E-state index is 15.2. The Morgan fingerprint density at radius 2 is 1.21 bits per heavy atom. The zero-order chi connectivity index (χ0) is 27.7. The summed E-state index contributed by atoms with van der Waals surface area (Å²) >= 11 is 0. The van der Waals surface area contributed by atoms with Crippen molar-refractivity contribution in [3.8, 4) is 0 Å². The Morgan fingerprint density at radius 1 is 0.744 bits per heavy atom. The van der Waals surface area contributed by atoms with E-state index in [1.165, 1.54) is 0 Å². The first-order chi connectivity index (χ1) is 18.8. The number of rotatable bonds is 13. The molecule has 39 heavy (non-hydrogen) atoms. The van der Waals surface area contributed by atoms with Crippen LogP contribution >= 0.6 is 7.82 Å². The zero-order valence-electron chi connectivity index (χ0n) is 22.7. The summed E-state index contributed by atoms with van der Waals surface area (Å²) in [4.78, 5) is 0. The van der Waals surface area contributed by atoms with Crippen LogP contribution < -0.4 is 0 Å². The number of benzene rings is 3. The van der Waals surface area contributed by atoms with Crippen molar-refractivity contribution in [1.82, 2.24) is 0 Å². The summed E-state index contributed by atoms with van der Waals surface area (Å²) in [6, 6.07) is 28.5. The van der Waals surface area contributed by atoms with Crippen molar-refractivity contribution in [1.29, 1.82) is 0 Å². The van der Waals surface area contributed by atoms with Crippen molar-refractivity contribution in [2.45, 2.75) is 59.2 Å². The molecule has 1 saturated heterocycles. The first-order valence-electron chi connectivity index (χ1n) is 13.4. The standard InChI is InChI=1S/C31H38FO6P/c1-23(29-24(2)25(3)30(31(32)38-29)34-20-26-13-7-4-8-14-26)19-35-39(33,36-21-27-15-9-5-10-16-27)37-22-28-17-11-6-12-18-28/h4-18,23-25,29-31H,19-22H2,1-3H3/t23-,24+,25?,29?,30-,31+/m1/s1. The van der Waals surface area contributed by atoms with Gasteiger partial charge < -0.3 is 9.47 Å². The highest BCUT2D eigenvalue weighted by atomic mass is 31.2. The Balaban J connectivity index is 1.36. The van der Waals surface area contributed by atoms with Crippen LogP contribution in [0.15, 0.2) is 91.0 Å². The highest BCUT2D eigenvalue weighted by Gasteiger charge is 2.45. The average molecular weight is 557 g/mol. The third-order valence-corrected chi connectivity index (χ3v) is 8.57. The van der Waals surface area contributed by atoms with E-state index >= 15 is 4.39 Å². The SMILES string of the molecule is CC1[C@H](C)C([C@H](C)COP(=O)(OCc2ccccc2)OCc2ccccc2)O[C@H](F)[C@@H]1OCc1ccccc1. The maximum atomic E-state index is 15.2. The summed E-state index contributed by atoms with van der Waals surface area (Å²) in [5, 5.41) is 0. The Bertz CT molecular complexity index is 1120. The second-order valence-electron chi connectivity index (χ2n) is 10.2. The second kappa shape index (κ2) is 14.3. The Kier molecular flexibility index (Phi) is 10.9. The van der Waals surface area contributed by atoms with Crippen LogP contribution in [0.2, 0.25) is 0 Å². The van der Waals surface area contributed by atoms with E-state index in [9.17, 15) is 4.57 Å². The lowest BCUT2D eigenvalue weighted by molar-refractivity contribution is -0.246. The van der Waals surface area contributed by atoms with Gasteiger partial charge in [0.2, 0.25) is 6.36 Å². The van der Waals surface area contributed by atoms with Gasteiger partial charge in [-0.25, -0.2) is 8.96 Å². The number of alkyl halides is 1. The smallest absolute Gasteiger partial charge is 0.368 e. The highest BCUT2D eigenvalue weighted by Crippen LogP contribution is 2.51. The second-order valence-corrected chi connectivity index (χ2v) is 11.8. The molecule has 0 saturated carbocycles. The molecule has 0 aromatic heterocycles. The van der Waals surface area contributed by atoms with Crippen molar-refractivity contribution in [3.63, 3.8) is 0 Å². The fourth-order valence-corrected chi connectivity index (χ4v) is 5.96. The molecule has 0 radical (unpaired) electrons. The fraction of sp³-hybridized carbons (Fsp3) is 0.419. The van der Waals surface area contributed by atoms with Crippen molar-refractivity contribution in [3.05, 3.63) is 108 Å². The molecule has 8 heteroatoms. The minimum absolute atomic E-state index is 0.0187. The monoisotopic (exact) mass is 556 g/mol. The largest absolute Gasteiger partial charge is 0.475 e. The van der Waals surface area contributed by atoms with Crippen LogP contribution in [0.4, 0.5) is 4.39 Å². The summed E-state index contributed by atoms with van der Waals surface area (Å²) in [6.45, 7) is 6.37. The van der Waals surface area contributed by atoms with Gasteiger partial charge in [-0.3, -0.25) is 13.6 Å². The molecule has 1 aliphatic heterocycles. The molecule has 6 nitrogen and oxygen atoms in total. The summed E-state index contributed by atoms with van der Waals surface area (Å²) in [5.74, 6) is -0.392. The van der Waals surface area contributed by atoms with Gasteiger partial charge in [0.15, 0.2) is 0 Å².